The molecule has 1 unspecified atom stereocenters. The predicted molar refractivity (Wildman–Crippen MR) is 105 cm³/mol. The van der Waals surface area contributed by atoms with Crippen LogP contribution in [0.5, 0.6) is 0 Å². The van der Waals surface area contributed by atoms with E-state index in [1.54, 1.807) is 6.07 Å². The summed E-state index contributed by atoms with van der Waals surface area (Å²) in [5.74, 6) is -0.0993. The highest BCUT2D eigenvalue weighted by molar-refractivity contribution is 5.85. The first kappa shape index (κ1) is 20.4. The molecular weight excluding hydrogens is 351 g/mol. The van der Waals surface area contributed by atoms with E-state index < -0.39 is 0 Å². The van der Waals surface area contributed by atoms with E-state index in [-0.39, 0.29) is 30.2 Å². The molecule has 0 radical (unpaired) electrons. The molecule has 0 aliphatic carbocycles. The Labute approximate surface area is 161 Å². The topological polar surface area (TPSA) is 32.3 Å². The molecule has 1 amide bonds. The third-order valence-electron chi connectivity index (χ3n) is 4.77. The van der Waals surface area contributed by atoms with Gasteiger partial charge < -0.3 is 10.2 Å². The molecule has 1 fully saturated rings. The normalized spacial score (nSPS) is 16.8. The average Bonchev–Trinajstić information content (AvgIpc) is 2.63. The van der Waals surface area contributed by atoms with Crippen LogP contribution in [0, 0.1) is 12.7 Å². The van der Waals surface area contributed by atoms with Crippen molar-refractivity contribution in [2.24, 2.45) is 0 Å². The third-order valence-corrected chi connectivity index (χ3v) is 4.77. The summed E-state index contributed by atoms with van der Waals surface area (Å²) in [5.41, 5.74) is 3.37. The van der Waals surface area contributed by atoms with Crippen molar-refractivity contribution in [2.75, 3.05) is 19.6 Å². The quantitative estimate of drug-likeness (QED) is 0.853. The number of nitrogens with one attached hydrogen (secondary N) is 1. The van der Waals surface area contributed by atoms with Gasteiger partial charge in [-0.1, -0.05) is 42.0 Å². The number of hydrogen-bond acceptors (Lipinski definition) is 2. The Hall–Kier alpha value is -1.91. The van der Waals surface area contributed by atoms with E-state index >= 15 is 0 Å². The molecule has 1 atom stereocenters. The van der Waals surface area contributed by atoms with Gasteiger partial charge in [0.15, 0.2) is 0 Å². The molecule has 0 bridgehead atoms. The molecule has 26 heavy (non-hydrogen) atoms. The number of piperazine rings is 1. The minimum absolute atomic E-state index is 0. The molecule has 1 saturated heterocycles. The summed E-state index contributed by atoms with van der Waals surface area (Å²) in [6.45, 7) is 4.21. The summed E-state index contributed by atoms with van der Waals surface area (Å²) in [6, 6.07) is 14.9. The summed E-state index contributed by atoms with van der Waals surface area (Å²) in [4.78, 5) is 14.6. The van der Waals surface area contributed by atoms with Crippen LogP contribution in [-0.4, -0.2) is 30.4 Å². The molecule has 1 aliphatic rings. The van der Waals surface area contributed by atoms with Crippen LogP contribution in [0.2, 0.25) is 0 Å². The van der Waals surface area contributed by atoms with Crippen LogP contribution in [-0.2, 0) is 11.2 Å². The fourth-order valence-electron chi connectivity index (χ4n) is 3.36. The second-order valence-corrected chi connectivity index (χ2v) is 6.70. The highest BCUT2D eigenvalue weighted by Gasteiger charge is 2.27. The third kappa shape index (κ3) is 5.29. The second kappa shape index (κ2) is 9.70. The number of rotatable bonds is 5. The lowest BCUT2D eigenvalue weighted by atomic mass is 10.0. The van der Waals surface area contributed by atoms with E-state index in [1.807, 2.05) is 11.0 Å². The van der Waals surface area contributed by atoms with E-state index in [2.05, 4.69) is 36.5 Å². The Kier molecular flexibility index (Phi) is 7.61. The SMILES string of the molecule is Cc1ccc(CCCC(=O)N2CCNCC2c2cccc(F)c2)cc1.Cl. The lowest BCUT2D eigenvalue weighted by molar-refractivity contribution is -0.134. The number of carbonyl (C=O) groups excluding carboxylic acids is 1. The van der Waals surface area contributed by atoms with Gasteiger partial charge >= 0.3 is 0 Å². The number of halogens is 2. The van der Waals surface area contributed by atoms with Crippen molar-refractivity contribution in [1.82, 2.24) is 10.2 Å². The van der Waals surface area contributed by atoms with E-state index in [9.17, 15) is 9.18 Å². The lowest BCUT2D eigenvalue weighted by Crippen LogP contribution is -2.48. The van der Waals surface area contributed by atoms with E-state index in [1.165, 1.54) is 23.3 Å². The molecule has 0 aromatic heterocycles. The Morgan fingerprint density at radius 3 is 2.73 bits per heavy atom. The fraction of sp³-hybridized carbons (Fsp3) is 0.381. The van der Waals surface area contributed by atoms with Gasteiger partial charge in [-0.3, -0.25) is 4.79 Å². The maximum Gasteiger partial charge on any atom is 0.223 e. The van der Waals surface area contributed by atoms with Crippen LogP contribution < -0.4 is 5.32 Å². The Morgan fingerprint density at radius 1 is 1.23 bits per heavy atom. The number of hydrogen-bond donors (Lipinski definition) is 1. The number of aryl methyl sites for hydroxylation is 2. The molecule has 0 saturated carbocycles. The van der Waals surface area contributed by atoms with Gasteiger partial charge in [-0.25, -0.2) is 4.39 Å². The van der Waals surface area contributed by atoms with Crippen LogP contribution in [0.15, 0.2) is 48.5 Å². The molecule has 3 nitrogen and oxygen atoms in total. The van der Waals surface area contributed by atoms with E-state index in [0.29, 0.717) is 19.5 Å². The standard InChI is InChI=1S/C21H25FN2O.ClH/c1-16-8-10-17(11-9-16)4-2-7-21(25)24-13-12-23-15-20(24)18-5-3-6-19(22)14-18;/h3,5-6,8-11,14,20,23H,2,4,7,12-13,15H2,1H3;1H. The van der Waals surface area contributed by atoms with Crippen molar-refractivity contribution in [1.29, 1.82) is 0 Å². The predicted octanol–water partition coefficient (Wildman–Crippen LogP) is 4.05. The minimum atomic E-state index is -0.255. The summed E-state index contributed by atoms with van der Waals surface area (Å²) >= 11 is 0. The molecule has 1 heterocycles. The number of nitrogens with zero attached hydrogens (tertiary/aromatic N) is 1. The first-order chi connectivity index (χ1) is 12.1. The number of benzene rings is 2. The van der Waals surface area contributed by atoms with Gasteiger partial charge in [-0.05, 0) is 43.0 Å². The zero-order valence-electron chi connectivity index (χ0n) is 15.1. The minimum Gasteiger partial charge on any atom is -0.333 e. The van der Waals surface area contributed by atoms with Gasteiger partial charge in [0.1, 0.15) is 5.82 Å². The first-order valence-electron chi connectivity index (χ1n) is 8.95. The van der Waals surface area contributed by atoms with Crippen LogP contribution in [0.4, 0.5) is 4.39 Å². The van der Waals surface area contributed by atoms with Crippen LogP contribution in [0.25, 0.3) is 0 Å². The van der Waals surface area contributed by atoms with E-state index in [4.69, 9.17) is 0 Å². The smallest absolute Gasteiger partial charge is 0.223 e. The second-order valence-electron chi connectivity index (χ2n) is 6.70. The molecule has 2 aromatic carbocycles. The summed E-state index contributed by atoms with van der Waals surface area (Å²) in [5, 5.41) is 3.31. The average molecular weight is 377 g/mol. The summed E-state index contributed by atoms with van der Waals surface area (Å²) < 4.78 is 13.5. The molecule has 3 rings (SSSR count). The number of carbonyl (C=O) groups is 1. The van der Waals surface area contributed by atoms with Crippen molar-refractivity contribution in [3.63, 3.8) is 0 Å². The van der Waals surface area contributed by atoms with Crippen molar-refractivity contribution < 1.29 is 9.18 Å². The van der Waals surface area contributed by atoms with Gasteiger partial charge in [-0.15, -0.1) is 12.4 Å². The highest BCUT2D eigenvalue weighted by Crippen LogP contribution is 2.24. The lowest BCUT2D eigenvalue weighted by Gasteiger charge is -2.36. The zero-order chi connectivity index (χ0) is 17.6. The Balaban J connectivity index is 0.00000243. The molecule has 0 spiro atoms. The van der Waals surface area contributed by atoms with Gasteiger partial charge in [0.05, 0.1) is 6.04 Å². The van der Waals surface area contributed by atoms with E-state index in [0.717, 1.165) is 24.9 Å². The molecule has 1 aliphatic heterocycles. The van der Waals surface area contributed by atoms with Gasteiger partial charge in [0.25, 0.3) is 0 Å². The van der Waals surface area contributed by atoms with Gasteiger partial charge in [-0.2, -0.15) is 0 Å². The first-order valence-corrected chi connectivity index (χ1v) is 8.95. The molecule has 2 aromatic rings. The van der Waals surface area contributed by atoms with Crippen LogP contribution >= 0.6 is 12.4 Å². The Morgan fingerprint density at radius 2 is 2.00 bits per heavy atom. The Bertz CT molecular complexity index is 720. The largest absolute Gasteiger partial charge is 0.333 e. The maximum atomic E-state index is 13.5. The molecule has 140 valence electrons. The van der Waals surface area contributed by atoms with Crippen molar-refractivity contribution >= 4 is 18.3 Å². The fourth-order valence-corrected chi connectivity index (χ4v) is 3.36. The highest BCUT2D eigenvalue weighted by atomic mass is 35.5. The van der Waals surface area contributed by atoms with Gasteiger partial charge in [0.2, 0.25) is 5.91 Å². The van der Waals surface area contributed by atoms with Crippen molar-refractivity contribution in [3.8, 4) is 0 Å². The molecular formula is C21H26ClFN2O. The molecule has 1 N–H and O–H groups in total. The zero-order valence-corrected chi connectivity index (χ0v) is 15.9. The van der Waals surface area contributed by atoms with Gasteiger partial charge in [0, 0.05) is 26.1 Å². The van der Waals surface area contributed by atoms with Crippen LogP contribution in [0.3, 0.4) is 0 Å². The van der Waals surface area contributed by atoms with Crippen molar-refractivity contribution in [3.05, 3.63) is 71.0 Å². The molecule has 5 heteroatoms. The summed E-state index contributed by atoms with van der Waals surface area (Å²) in [6.07, 6.45) is 2.27. The maximum absolute atomic E-state index is 13.5. The summed E-state index contributed by atoms with van der Waals surface area (Å²) in [7, 11) is 0. The number of amides is 1. The monoisotopic (exact) mass is 376 g/mol. The van der Waals surface area contributed by atoms with Crippen molar-refractivity contribution in [2.45, 2.75) is 32.2 Å². The van der Waals surface area contributed by atoms with Crippen LogP contribution in [0.1, 0.15) is 35.6 Å².